The highest BCUT2D eigenvalue weighted by atomic mass is 16.6. The molecule has 0 aliphatic carbocycles. The fourth-order valence-corrected chi connectivity index (χ4v) is 3.24. The molecule has 2 N–H and O–H groups in total. The van der Waals surface area contributed by atoms with Crippen molar-refractivity contribution in [1.82, 2.24) is 9.71 Å². The molecule has 0 aliphatic heterocycles. The minimum Gasteiger partial charge on any atom is -0.426 e. The summed E-state index contributed by atoms with van der Waals surface area (Å²) in [6.45, 7) is 1.49. The molecule has 0 unspecified atom stereocenters. The number of carbonyl (C=O) groups is 2. The van der Waals surface area contributed by atoms with Crippen LogP contribution in [0.2, 0.25) is 0 Å². The van der Waals surface area contributed by atoms with Gasteiger partial charge in [0.2, 0.25) is 5.91 Å². The summed E-state index contributed by atoms with van der Waals surface area (Å²) in [5.74, 6) is -0.137. The van der Waals surface area contributed by atoms with Gasteiger partial charge in [-0.05, 0) is 48.9 Å². The Bertz CT molecular complexity index is 1400. The number of imidazole rings is 1. The van der Waals surface area contributed by atoms with E-state index in [1.165, 1.54) is 31.2 Å². The van der Waals surface area contributed by atoms with Gasteiger partial charge in [0.1, 0.15) is 5.52 Å². The summed E-state index contributed by atoms with van der Waals surface area (Å²) in [6.07, 6.45) is 3.03. The molecule has 0 saturated carbocycles. The molecule has 0 fully saturated rings. The molecule has 0 spiro atoms. The largest absolute Gasteiger partial charge is 0.426 e. The number of non-ortho nitro benzene ring substituents is 1. The number of benzene rings is 3. The molecule has 1 amide bonds. The molecule has 0 radical (unpaired) electrons. The van der Waals surface area contributed by atoms with Gasteiger partial charge in [-0.1, -0.05) is 24.3 Å². The zero-order valence-corrected chi connectivity index (χ0v) is 17.4. The smallest absolute Gasteiger partial charge is 0.271 e. The topological polar surface area (TPSA) is 127 Å². The molecule has 4 aromatic rings. The summed E-state index contributed by atoms with van der Waals surface area (Å²) in [5.41, 5.74) is 2.98. The number of rotatable bonds is 6. The van der Waals surface area contributed by atoms with Crippen LogP contribution in [0.1, 0.15) is 22.8 Å². The van der Waals surface area contributed by atoms with Gasteiger partial charge in [0.15, 0.2) is 11.6 Å². The molecule has 33 heavy (non-hydrogen) atoms. The summed E-state index contributed by atoms with van der Waals surface area (Å²) in [4.78, 5) is 38.3. The first-order valence-corrected chi connectivity index (χ1v) is 9.88. The Morgan fingerprint density at radius 1 is 1.06 bits per heavy atom. The SMILES string of the molecule is CC(=O)c1ccc(/C=C/C(=O)Nc2ccc(-c3nc4ccc([N+](=O)[O-])cc4n3O)cc2)cc1. The van der Waals surface area contributed by atoms with Crippen molar-refractivity contribution >= 4 is 40.2 Å². The second-order valence-corrected chi connectivity index (χ2v) is 7.26. The first-order chi connectivity index (χ1) is 15.8. The maximum atomic E-state index is 12.2. The number of carbonyl (C=O) groups excluding carboxylic acids is 2. The molecule has 0 atom stereocenters. The van der Waals surface area contributed by atoms with Gasteiger partial charge in [-0.15, -0.1) is 0 Å². The zero-order chi connectivity index (χ0) is 23.5. The lowest BCUT2D eigenvalue weighted by atomic mass is 10.1. The highest BCUT2D eigenvalue weighted by Crippen LogP contribution is 2.27. The quantitative estimate of drug-likeness (QED) is 0.146. The van der Waals surface area contributed by atoms with Crippen molar-refractivity contribution in [2.75, 3.05) is 5.32 Å². The Morgan fingerprint density at radius 2 is 1.76 bits per heavy atom. The van der Waals surface area contributed by atoms with E-state index in [9.17, 15) is 24.9 Å². The lowest BCUT2D eigenvalue weighted by Gasteiger charge is -2.05. The summed E-state index contributed by atoms with van der Waals surface area (Å²) in [6, 6.07) is 17.6. The molecule has 0 bridgehead atoms. The highest BCUT2D eigenvalue weighted by molar-refractivity contribution is 6.02. The van der Waals surface area contributed by atoms with Crippen LogP contribution in [-0.4, -0.2) is 31.5 Å². The Balaban J connectivity index is 1.47. The third-order valence-electron chi connectivity index (χ3n) is 4.98. The van der Waals surface area contributed by atoms with E-state index in [2.05, 4.69) is 10.3 Å². The van der Waals surface area contributed by atoms with Crippen LogP contribution < -0.4 is 5.32 Å². The number of fused-ring (bicyclic) bond motifs is 1. The molecule has 9 nitrogen and oxygen atoms in total. The van der Waals surface area contributed by atoms with Crippen LogP contribution in [0.25, 0.3) is 28.5 Å². The molecule has 3 aromatic carbocycles. The third-order valence-corrected chi connectivity index (χ3v) is 4.98. The number of hydrogen-bond acceptors (Lipinski definition) is 6. The van der Waals surface area contributed by atoms with E-state index in [4.69, 9.17) is 0 Å². The van der Waals surface area contributed by atoms with Gasteiger partial charge in [-0.2, -0.15) is 4.73 Å². The minimum absolute atomic E-state index is 0.0233. The Labute approximate surface area is 187 Å². The van der Waals surface area contributed by atoms with Gasteiger partial charge in [0.25, 0.3) is 5.69 Å². The van der Waals surface area contributed by atoms with Gasteiger partial charge in [-0.3, -0.25) is 19.7 Å². The van der Waals surface area contributed by atoms with Crippen LogP contribution in [0.5, 0.6) is 0 Å². The molecule has 0 aliphatic rings. The third kappa shape index (κ3) is 4.62. The Morgan fingerprint density at radius 3 is 2.39 bits per heavy atom. The van der Waals surface area contributed by atoms with E-state index in [0.29, 0.717) is 22.3 Å². The van der Waals surface area contributed by atoms with Crippen molar-refractivity contribution in [3.8, 4) is 11.4 Å². The number of ketones is 1. The lowest BCUT2D eigenvalue weighted by molar-refractivity contribution is -0.384. The average molecular weight is 442 g/mol. The number of hydrogen-bond donors (Lipinski definition) is 2. The number of Topliss-reactive ketones (excluding diaryl/α,β-unsaturated/α-hetero) is 1. The molecular formula is C24H18N4O5. The van der Waals surface area contributed by atoms with Crippen molar-refractivity contribution in [1.29, 1.82) is 0 Å². The number of nitro groups is 1. The predicted octanol–water partition coefficient (Wildman–Crippen LogP) is 4.70. The summed E-state index contributed by atoms with van der Waals surface area (Å²) < 4.78 is 0.802. The first-order valence-electron chi connectivity index (χ1n) is 9.88. The predicted molar refractivity (Wildman–Crippen MR) is 123 cm³/mol. The normalized spacial score (nSPS) is 11.1. The van der Waals surface area contributed by atoms with E-state index in [1.54, 1.807) is 54.6 Å². The van der Waals surface area contributed by atoms with Crippen LogP contribution in [-0.2, 0) is 4.79 Å². The highest BCUT2D eigenvalue weighted by Gasteiger charge is 2.15. The molecule has 9 heteroatoms. The van der Waals surface area contributed by atoms with Crippen LogP contribution in [0.4, 0.5) is 11.4 Å². The number of nitrogens with zero attached hydrogens (tertiary/aromatic N) is 3. The molecule has 1 heterocycles. The summed E-state index contributed by atoms with van der Waals surface area (Å²) in [5, 5.41) is 24.1. The first kappa shape index (κ1) is 21.4. The van der Waals surface area contributed by atoms with Gasteiger partial charge < -0.3 is 10.5 Å². The van der Waals surface area contributed by atoms with E-state index in [-0.39, 0.29) is 28.7 Å². The average Bonchev–Trinajstić information content (AvgIpc) is 3.14. The fraction of sp³-hybridized carbons (Fsp3) is 0.0417. The lowest BCUT2D eigenvalue weighted by Crippen LogP contribution is -2.07. The number of amides is 1. The summed E-state index contributed by atoms with van der Waals surface area (Å²) in [7, 11) is 0. The molecule has 4 rings (SSSR count). The van der Waals surface area contributed by atoms with Crippen LogP contribution in [0, 0.1) is 10.1 Å². The van der Waals surface area contributed by atoms with Gasteiger partial charge in [0.05, 0.1) is 10.4 Å². The minimum atomic E-state index is -0.542. The van der Waals surface area contributed by atoms with Crippen molar-refractivity contribution in [3.63, 3.8) is 0 Å². The van der Waals surface area contributed by atoms with E-state index >= 15 is 0 Å². The maximum absolute atomic E-state index is 12.2. The Hall–Kier alpha value is -4.79. The van der Waals surface area contributed by atoms with Crippen LogP contribution in [0.15, 0.2) is 72.8 Å². The van der Waals surface area contributed by atoms with E-state index < -0.39 is 4.92 Å². The van der Waals surface area contributed by atoms with Crippen molar-refractivity contribution in [2.45, 2.75) is 6.92 Å². The Kier molecular flexibility index (Phi) is 5.69. The zero-order valence-electron chi connectivity index (χ0n) is 17.4. The van der Waals surface area contributed by atoms with Crippen molar-refractivity contribution < 1.29 is 19.7 Å². The summed E-state index contributed by atoms with van der Waals surface area (Å²) >= 11 is 0. The monoisotopic (exact) mass is 442 g/mol. The van der Waals surface area contributed by atoms with Gasteiger partial charge in [-0.25, -0.2) is 4.98 Å². The number of nitrogens with one attached hydrogen (secondary N) is 1. The number of aromatic nitrogens is 2. The second kappa shape index (κ2) is 8.75. The maximum Gasteiger partial charge on any atom is 0.271 e. The standard InChI is InChI=1S/C24H18N4O5/c1-15(29)17-5-2-16(3-6-17)4-13-23(30)25-19-9-7-18(8-10-19)24-26-21-12-11-20(28(32)33)14-22(21)27(24)31/h2-14,31H,1H3,(H,25,30)/b13-4+. The number of nitro benzene ring substituents is 1. The fourth-order valence-electron chi connectivity index (χ4n) is 3.24. The molecule has 164 valence electrons. The number of anilines is 1. The molecule has 1 aromatic heterocycles. The van der Waals surface area contributed by atoms with E-state index in [1.807, 2.05) is 0 Å². The van der Waals surface area contributed by atoms with E-state index in [0.717, 1.165) is 10.3 Å². The van der Waals surface area contributed by atoms with Gasteiger partial charge >= 0.3 is 0 Å². The van der Waals surface area contributed by atoms with Crippen LogP contribution >= 0.6 is 0 Å². The molecule has 0 saturated heterocycles. The van der Waals surface area contributed by atoms with Crippen LogP contribution in [0.3, 0.4) is 0 Å². The van der Waals surface area contributed by atoms with Crippen molar-refractivity contribution in [2.24, 2.45) is 0 Å². The second-order valence-electron chi connectivity index (χ2n) is 7.26. The molecular weight excluding hydrogens is 424 g/mol. The van der Waals surface area contributed by atoms with Gasteiger partial charge in [0, 0.05) is 35.0 Å². The van der Waals surface area contributed by atoms with Crippen molar-refractivity contribution in [3.05, 3.63) is 94.0 Å².